The van der Waals surface area contributed by atoms with Crippen molar-refractivity contribution in [2.45, 2.75) is 12.0 Å². The smallest absolute Gasteiger partial charge is 0.414 e. The van der Waals surface area contributed by atoms with E-state index in [2.05, 4.69) is 82.7 Å². The normalized spacial score (nSPS) is 16.0. The topological polar surface area (TPSA) is 29.5 Å². The number of carbonyl (C=O) groups excluding carboxylic acids is 1. The molecule has 1 heterocycles. The Hall–Kier alpha value is -2.37. The minimum Gasteiger partial charge on any atom is -0.452 e. The zero-order valence-corrected chi connectivity index (χ0v) is 18.2. The maximum atomic E-state index is 12.3. The van der Waals surface area contributed by atoms with Gasteiger partial charge in [0.15, 0.2) is 0 Å². The Kier molecular flexibility index (Phi) is 5.64. The molecule has 0 saturated carbocycles. The molecular weight excluding hydrogens is 430 g/mol. The van der Waals surface area contributed by atoms with E-state index in [-0.39, 0.29) is 6.09 Å². The fourth-order valence-electron chi connectivity index (χ4n) is 3.99. The van der Waals surface area contributed by atoms with Crippen molar-refractivity contribution < 1.29 is 9.53 Å². The zero-order valence-electron chi connectivity index (χ0n) is 15.6. The lowest BCUT2D eigenvalue weighted by Gasteiger charge is -2.37. The highest BCUT2D eigenvalue weighted by atomic mass is 79.9. The molecule has 1 atom stereocenters. The fourth-order valence-corrected chi connectivity index (χ4v) is 7.57. The van der Waals surface area contributed by atoms with E-state index >= 15 is 0 Å². The van der Waals surface area contributed by atoms with Crippen LogP contribution in [-0.2, 0) is 4.74 Å². The highest BCUT2D eigenvalue weighted by Crippen LogP contribution is 2.38. The Morgan fingerprint density at radius 1 is 1.00 bits per heavy atom. The molecule has 3 nitrogen and oxygen atoms in total. The minimum absolute atomic E-state index is 0.296. The molecule has 3 aromatic rings. The second-order valence-corrected chi connectivity index (χ2v) is 10.4. The first-order chi connectivity index (χ1) is 13.7. The summed E-state index contributed by atoms with van der Waals surface area (Å²) in [6, 6.07) is 27.8. The van der Waals surface area contributed by atoms with E-state index in [9.17, 15) is 4.79 Å². The van der Waals surface area contributed by atoms with Gasteiger partial charge in [0.1, 0.15) is 8.80 Å². The van der Waals surface area contributed by atoms with Crippen LogP contribution in [0, 0.1) is 0 Å². The van der Waals surface area contributed by atoms with Gasteiger partial charge in [-0.3, -0.25) is 4.90 Å². The van der Waals surface area contributed by atoms with E-state index < -0.39 is 8.80 Å². The summed E-state index contributed by atoms with van der Waals surface area (Å²) in [5, 5.41) is 2.78. The van der Waals surface area contributed by atoms with Crippen molar-refractivity contribution >= 4 is 46.9 Å². The van der Waals surface area contributed by atoms with Crippen molar-refractivity contribution in [3.63, 3.8) is 0 Å². The van der Waals surface area contributed by atoms with Crippen LogP contribution >= 0.6 is 15.9 Å². The number of carbonyl (C=O) groups is 1. The molecule has 141 valence electrons. The first kappa shape index (κ1) is 19.0. The Labute approximate surface area is 175 Å². The number of methoxy groups -OCH3 is 1. The number of anilines is 1. The van der Waals surface area contributed by atoms with Gasteiger partial charge in [0.2, 0.25) is 0 Å². The van der Waals surface area contributed by atoms with E-state index in [0.717, 1.165) is 16.6 Å². The van der Waals surface area contributed by atoms with Crippen molar-refractivity contribution in [3.8, 4) is 0 Å². The molecule has 0 bridgehead atoms. The average Bonchev–Trinajstić information content (AvgIpc) is 2.75. The van der Waals surface area contributed by atoms with E-state index in [1.54, 1.807) is 4.90 Å². The second kappa shape index (κ2) is 8.33. The van der Waals surface area contributed by atoms with Crippen molar-refractivity contribution in [2.75, 3.05) is 18.6 Å². The van der Waals surface area contributed by atoms with Crippen LogP contribution in [0.1, 0.15) is 17.5 Å². The quantitative estimate of drug-likeness (QED) is 0.554. The first-order valence-electron chi connectivity index (χ1n) is 9.31. The minimum atomic E-state index is -1.08. The summed E-state index contributed by atoms with van der Waals surface area (Å²) >= 11 is 3.63. The maximum Gasteiger partial charge on any atom is 0.414 e. The van der Waals surface area contributed by atoms with Crippen LogP contribution < -0.4 is 15.3 Å². The third-order valence-corrected chi connectivity index (χ3v) is 8.91. The molecule has 0 aliphatic carbocycles. The van der Waals surface area contributed by atoms with Gasteiger partial charge in [-0.2, -0.15) is 0 Å². The van der Waals surface area contributed by atoms with Crippen molar-refractivity contribution in [1.82, 2.24) is 0 Å². The summed E-state index contributed by atoms with van der Waals surface area (Å²) in [5.74, 6) is 0. The summed E-state index contributed by atoms with van der Waals surface area (Å²) in [4.78, 5) is 14.1. The Morgan fingerprint density at radius 2 is 1.61 bits per heavy atom. The number of benzene rings is 3. The molecule has 0 spiro atoms. The molecular formula is C23H21BrNO2Si. The highest BCUT2D eigenvalue weighted by Gasteiger charge is 2.36. The molecule has 5 heteroatoms. The number of ether oxygens (including phenoxy) is 1. The number of hydrogen-bond acceptors (Lipinski definition) is 2. The molecule has 0 aromatic heterocycles. The third kappa shape index (κ3) is 3.64. The lowest BCUT2D eigenvalue weighted by Crippen LogP contribution is -2.50. The van der Waals surface area contributed by atoms with Crippen molar-refractivity contribution in [2.24, 2.45) is 0 Å². The predicted molar refractivity (Wildman–Crippen MR) is 119 cm³/mol. The second-order valence-electron chi connectivity index (χ2n) is 6.81. The molecule has 1 aliphatic rings. The molecule has 0 N–H and O–H groups in total. The van der Waals surface area contributed by atoms with Gasteiger partial charge in [-0.05, 0) is 35.7 Å². The van der Waals surface area contributed by atoms with Gasteiger partial charge in [0.05, 0.1) is 12.8 Å². The number of nitrogens with zero attached hydrogens (tertiary/aromatic N) is 1. The zero-order chi connectivity index (χ0) is 19.5. The molecule has 4 rings (SSSR count). The van der Waals surface area contributed by atoms with Crippen molar-refractivity contribution in [3.05, 3.63) is 88.9 Å². The third-order valence-electron chi connectivity index (χ3n) is 5.21. The van der Waals surface area contributed by atoms with Gasteiger partial charge in [-0.1, -0.05) is 87.0 Å². The van der Waals surface area contributed by atoms with Crippen LogP contribution in [0.15, 0.2) is 83.3 Å². The van der Waals surface area contributed by atoms with E-state index in [0.29, 0.717) is 12.1 Å². The monoisotopic (exact) mass is 450 g/mol. The Balaban J connectivity index is 1.85. The molecule has 1 radical (unpaired) electrons. The molecule has 1 aliphatic heterocycles. The lowest BCUT2D eigenvalue weighted by molar-refractivity contribution is 0.178. The molecule has 1 amide bonds. The SMILES string of the molecule is COC(=O)N1CC[C@@H]([Si](c2ccccc2)c2ccccc2)c2cc(Br)ccc21. The first-order valence-corrected chi connectivity index (χ1v) is 11.7. The maximum absolute atomic E-state index is 12.3. The average molecular weight is 451 g/mol. The Morgan fingerprint density at radius 3 is 2.18 bits per heavy atom. The van der Waals surface area contributed by atoms with E-state index in [4.69, 9.17) is 4.74 Å². The van der Waals surface area contributed by atoms with Gasteiger partial charge in [-0.15, -0.1) is 0 Å². The summed E-state index contributed by atoms with van der Waals surface area (Å²) in [6.07, 6.45) is 0.617. The summed E-state index contributed by atoms with van der Waals surface area (Å²) in [7, 11) is 0.357. The molecule has 0 saturated heterocycles. The summed E-state index contributed by atoms with van der Waals surface area (Å²) in [5.41, 5.74) is 2.54. The fraction of sp³-hybridized carbons (Fsp3) is 0.174. The molecule has 3 aromatic carbocycles. The van der Waals surface area contributed by atoms with Gasteiger partial charge >= 0.3 is 6.09 Å². The van der Waals surface area contributed by atoms with Crippen LogP contribution in [0.4, 0.5) is 10.5 Å². The largest absolute Gasteiger partial charge is 0.452 e. The summed E-state index contributed by atoms with van der Waals surface area (Å²) in [6.45, 7) is 0.666. The molecule has 0 fully saturated rings. The number of halogens is 1. The van der Waals surface area contributed by atoms with E-state index in [1.165, 1.54) is 23.0 Å². The number of rotatable bonds is 3. The van der Waals surface area contributed by atoms with Crippen LogP contribution in [0.2, 0.25) is 0 Å². The predicted octanol–water partition coefficient (Wildman–Crippen LogP) is 4.36. The van der Waals surface area contributed by atoms with Crippen molar-refractivity contribution in [1.29, 1.82) is 0 Å². The van der Waals surface area contributed by atoms with Gasteiger partial charge in [0.25, 0.3) is 0 Å². The van der Waals surface area contributed by atoms with Gasteiger partial charge in [-0.25, -0.2) is 4.79 Å². The van der Waals surface area contributed by atoms with Crippen LogP contribution in [0.25, 0.3) is 0 Å². The standard InChI is InChI=1S/C23H21BrNO2Si/c1-27-23(26)25-15-14-22(20-16-17(24)12-13-21(20)25)28(18-8-4-2-5-9-18)19-10-6-3-7-11-19/h2-13,16,22H,14-15H2,1H3/t22-/m1/s1. The Bertz CT molecular complexity index is 925. The van der Waals surface area contributed by atoms with Crippen LogP contribution in [-0.4, -0.2) is 28.5 Å². The van der Waals surface area contributed by atoms with Crippen LogP contribution in [0.5, 0.6) is 0 Å². The number of hydrogen-bond donors (Lipinski definition) is 0. The lowest BCUT2D eigenvalue weighted by atomic mass is 10.0. The molecule has 28 heavy (non-hydrogen) atoms. The molecule has 0 unspecified atom stereocenters. The van der Waals surface area contributed by atoms with E-state index in [1.807, 2.05) is 12.1 Å². The number of amides is 1. The summed E-state index contributed by atoms with van der Waals surface area (Å²) < 4.78 is 6.06. The number of fused-ring (bicyclic) bond motifs is 1. The van der Waals surface area contributed by atoms with Gasteiger partial charge < -0.3 is 4.74 Å². The highest BCUT2D eigenvalue weighted by molar-refractivity contribution is 9.10. The van der Waals surface area contributed by atoms with Gasteiger partial charge in [0, 0.05) is 11.0 Å². The van der Waals surface area contributed by atoms with Crippen LogP contribution in [0.3, 0.4) is 0 Å².